The molecule has 1 aliphatic rings. The highest BCUT2D eigenvalue weighted by atomic mass is 32.1. The van der Waals surface area contributed by atoms with E-state index < -0.39 is 11.8 Å². The fraction of sp³-hybridized carbons (Fsp3) is 0.625. The molecule has 15 heavy (non-hydrogen) atoms. The lowest BCUT2D eigenvalue weighted by atomic mass is 10.2. The van der Waals surface area contributed by atoms with E-state index in [0.717, 1.165) is 6.42 Å². The molecule has 1 aliphatic heterocycles. The van der Waals surface area contributed by atoms with Crippen LogP contribution in [0.1, 0.15) is 6.42 Å². The van der Waals surface area contributed by atoms with Crippen molar-refractivity contribution in [2.75, 3.05) is 19.8 Å². The van der Waals surface area contributed by atoms with Gasteiger partial charge in [0.25, 0.3) is 0 Å². The first-order valence-corrected chi connectivity index (χ1v) is 4.95. The lowest BCUT2D eigenvalue weighted by Crippen LogP contribution is -2.46. The van der Waals surface area contributed by atoms with Crippen LogP contribution in [0.4, 0.5) is 0 Å². The molecule has 0 aromatic heterocycles. The van der Waals surface area contributed by atoms with E-state index in [4.69, 9.17) is 10.5 Å². The number of ether oxygens (including phenoxy) is 1. The monoisotopic (exact) mass is 231 g/mol. The summed E-state index contributed by atoms with van der Waals surface area (Å²) in [6, 6.07) is -0.0759. The lowest BCUT2D eigenvalue weighted by molar-refractivity contribution is -0.139. The van der Waals surface area contributed by atoms with Crippen molar-refractivity contribution in [1.82, 2.24) is 10.6 Å². The quantitative estimate of drug-likeness (QED) is 0.397. The zero-order valence-electron chi connectivity index (χ0n) is 8.12. The molecule has 1 heterocycles. The van der Waals surface area contributed by atoms with Gasteiger partial charge in [0.15, 0.2) is 0 Å². The van der Waals surface area contributed by atoms with Crippen molar-refractivity contribution in [2.24, 2.45) is 5.73 Å². The molecule has 6 nitrogen and oxygen atoms in total. The minimum atomic E-state index is -0.727. The lowest BCUT2D eigenvalue weighted by Gasteiger charge is -2.09. The second-order valence-electron chi connectivity index (χ2n) is 3.18. The van der Waals surface area contributed by atoms with E-state index in [0.29, 0.717) is 13.2 Å². The molecule has 0 aliphatic carbocycles. The van der Waals surface area contributed by atoms with Crippen LogP contribution in [0.15, 0.2) is 0 Å². The highest BCUT2D eigenvalue weighted by Gasteiger charge is 2.21. The molecule has 84 valence electrons. The van der Waals surface area contributed by atoms with Crippen molar-refractivity contribution in [2.45, 2.75) is 12.5 Å². The van der Waals surface area contributed by atoms with Gasteiger partial charge in [0, 0.05) is 6.61 Å². The van der Waals surface area contributed by atoms with Gasteiger partial charge >= 0.3 is 11.8 Å². The Balaban J connectivity index is 2.26. The van der Waals surface area contributed by atoms with Crippen LogP contribution in [-0.4, -0.2) is 42.6 Å². The third kappa shape index (κ3) is 4.22. The molecule has 0 spiro atoms. The molecule has 0 aromatic carbocycles. The van der Waals surface area contributed by atoms with Gasteiger partial charge in [-0.25, -0.2) is 0 Å². The summed E-state index contributed by atoms with van der Waals surface area (Å²) in [7, 11) is 0. The molecule has 1 fully saturated rings. The average Bonchev–Trinajstić information content (AvgIpc) is 2.66. The number of hydrogen-bond donors (Lipinski definition) is 3. The van der Waals surface area contributed by atoms with Crippen molar-refractivity contribution in [3.05, 3.63) is 0 Å². The fourth-order valence-electron chi connectivity index (χ4n) is 1.15. The zero-order valence-corrected chi connectivity index (χ0v) is 8.93. The standard InChI is InChI=1S/C8H13N3O3S/c9-6(15)3-10-7(12)8(13)11-5-1-2-14-4-5/h5H,1-4H2,(H2,9,15)(H,10,12)(H,11,13). The molecule has 2 amide bonds. The molecular formula is C8H13N3O3S. The number of nitrogens with two attached hydrogens (primary N) is 1. The van der Waals surface area contributed by atoms with Gasteiger partial charge < -0.3 is 21.1 Å². The number of rotatable bonds is 3. The van der Waals surface area contributed by atoms with Gasteiger partial charge in [-0.1, -0.05) is 12.2 Å². The van der Waals surface area contributed by atoms with Crippen LogP contribution >= 0.6 is 12.2 Å². The van der Waals surface area contributed by atoms with E-state index in [1.54, 1.807) is 0 Å². The molecule has 1 saturated heterocycles. The summed E-state index contributed by atoms with van der Waals surface area (Å²) in [5, 5.41) is 4.84. The first-order chi connectivity index (χ1) is 7.09. The van der Waals surface area contributed by atoms with Gasteiger partial charge in [0.05, 0.1) is 24.2 Å². The summed E-state index contributed by atoms with van der Waals surface area (Å²) in [6.45, 7) is 1.09. The Bertz CT molecular complexity index is 276. The van der Waals surface area contributed by atoms with E-state index in [2.05, 4.69) is 22.9 Å². The van der Waals surface area contributed by atoms with E-state index in [1.165, 1.54) is 0 Å². The fourth-order valence-corrected chi connectivity index (χ4v) is 1.22. The highest BCUT2D eigenvalue weighted by Crippen LogP contribution is 2.02. The zero-order chi connectivity index (χ0) is 11.3. The van der Waals surface area contributed by atoms with Crippen LogP contribution in [0, 0.1) is 0 Å². The minimum Gasteiger partial charge on any atom is -0.392 e. The van der Waals surface area contributed by atoms with Gasteiger partial charge in [0.1, 0.15) is 0 Å². The number of hydrogen-bond acceptors (Lipinski definition) is 4. The van der Waals surface area contributed by atoms with Crippen molar-refractivity contribution in [1.29, 1.82) is 0 Å². The second kappa shape index (κ2) is 5.62. The van der Waals surface area contributed by atoms with Crippen LogP contribution in [0.3, 0.4) is 0 Å². The van der Waals surface area contributed by atoms with Gasteiger partial charge in [-0.15, -0.1) is 0 Å². The maximum Gasteiger partial charge on any atom is 0.309 e. The predicted octanol–water partition coefficient (Wildman–Crippen LogP) is -1.71. The molecule has 0 aromatic rings. The predicted molar refractivity (Wildman–Crippen MR) is 57.2 cm³/mol. The summed E-state index contributed by atoms with van der Waals surface area (Å²) in [6.07, 6.45) is 0.730. The van der Waals surface area contributed by atoms with Gasteiger partial charge in [-0.2, -0.15) is 0 Å². The normalized spacial score (nSPS) is 19.6. The summed E-state index contributed by atoms with van der Waals surface area (Å²) in [5.74, 6) is -1.41. The number of thiocarbonyl (C=S) groups is 1. The Labute approximate surface area is 92.5 Å². The minimum absolute atomic E-state index is 0.0305. The summed E-state index contributed by atoms with van der Waals surface area (Å²) >= 11 is 4.56. The topological polar surface area (TPSA) is 93.5 Å². The summed E-state index contributed by atoms with van der Waals surface area (Å²) < 4.78 is 5.05. The molecule has 1 unspecified atom stereocenters. The van der Waals surface area contributed by atoms with Crippen LogP contribution in [0.5, 0.6) is 0 Å². The van der Waals surface area contributed by atoms with E-state index in [-0.39, 0.29) is 17.6 Å². The van der Waals surface area contributed by atoms with Crippen molar-refractivity contribution < 1.29 is 14.3 Å². The smallest absolute Gasteiger partial charge is 0.309 e. The molecular weight excluding hydrogens is 218 g/mol. The SMILES string of the molecule is NC(=S)CNC(=O)C(=O)NC1CCOC1. The van der Waals surface area contributed by atoms with Gasteiger partial charge in [-0.3, -0.25) is 9.59 Å². The molecule has 0 saturated carbocycles. The van der Waals surface area contributed by atoms with Crippen molar-refractivity contribution in [3.8, 4) is 0 Å². The second-order valence-corrected chi connectivity index (χ2v) is 3.71. The Morgan fingerprint density at radius 2 is 2.20 bits per heavy atom. The Morgan fingerprint density at radius 3 is 2.73 bits per heavy atom. The van der Waals surface area contributed by atoms with E-state index in [1.807, 2.05) is 0 Å². The van der Waals surface area contributed by atoms with E-state index in [9.17, 15) is 9.59 Å². The maximum absolute atomic E-state index is 11.2. The van der Waals surface area contributed by atoms with Crippen molar-refractivity contribution in [3.63, 3.8) is 0 Å². The first-order valence-electron chi connectivity index (χ1n) is 4.54. The molecule has 1 atom stereocenters. The number of carbonyl (C=O) groups is 2. The van der Waals surface area contributed by atoms with Gasteiger partial charge in [0.2, 0.25) is 0 Å². The van der Waals surface area contributed by atoms with Crippen LogP contribution in [0.2, 0.25) is 0 Å². The first kappa shape index (κ1) is 11.9. The Morgan fingerprint density at radius 1 is 1.47 bits per heavy atom. The summed E-state index contributed by atoms with van der Waals surface area (Å²) in [4.78, 5) is 22.5. The molecule has 1 rings (SSSR count). The highest BCUT2D eigenvalue weighted by molar-refractivity contribution is 7.80. The van der Waals surface area contributed by atoms with Crippen molar-refractivity contribution >= 4 is 29.0 Å². The van der Waals surface area contributed by atoms with Crippen LogP contribution in [0.25, 0.3) is 0 Å². The summed E-state index contributed by atoms with van der Waals surface area (Å²) in [5.41, 5.74) is 5.17. The number of amides is 2. The maximum atomic E-state index is 11.2. The van der Waals surface area contributed by atoms with Crippen LogP contribution in [-0.2, 0) is 14.3 Å². The molecule has 0 radical (unpaired) electrons. The Kier molecular flexibility index (Phi) is 4.44. The average molecular weight is 231 g/mol. The third-order valence-electron chi connectivity index (χ3n) is 1.89. The van der Waals surface area contributed by atoms with Crippen LogP contribution < -0.4 is 16.4 Å². The molecule has 7 heteroatoms. The number of carbonyl (C=O) groups excluding carboxylic acids is 2. The number of nitrogens with one attached hydrogen (secondary N) is 2. The Hall–Kier alpha value is -1.21. The molecule has 0 bridgehead atoms. The largest absolute Gasteiger partial charge is 0.392 e. The molecule has 4 N–H and O–H groups in total. The van der Waals surface area contributed by atoms with E-state index >= 15 is 0 Å². The third-order valence-corrected chi connectivity index (χ3v) is 2.04. The van der Waals surface area contributed by atoms with Gasteiger partial charge in [-0.05, 0) is 6.42 Å².